The number of carbonyl (C=O) groups excluding carboxylic acids is 1. The van der Waals surface area contributed by atoms with Crippen LogP contribution in [0.5, 0.6) is 11.5 Å². The fourth-order valence-corrected chi connectivity index (χ4v) is 4.92. The van der Waals surface area contributed by atoms with Gasteiger partial charge in [0, 0.05) is 24.4 Å². The second kappa shape index (κ2) is 11.5. The van der Waals surface area contributed by atoms with Crippen LogP contribution in [0.2, 0.25) is 0 Å². The molecule has 1 aliphatic heterocycles. The van der Waals surface area contributed by atoms with Crippen molar-refractivity contribution in [1.82, 2.24) is 5.32 Å². The molecule has 1 aliphatic rings. The zero-order valence-corrected chi connectivity index (χ0v) is 20.8. The molecule has 0 aromatic heterocycles. The van der Waals surface area contributed by atoms with Crippen LogP contribution in [0.3, 0.4) is 0 Å². The van der Waals surface area contributed by atoms with E-state index in [0.29, 0.717) is 18.9 Å². The lowest BCUT2D eigenvalue weighted by Crippen LogP contribution is -2.40. The van der Waals surface area contributed by atoms with E-state index < -0.39 is 0 Å². The molecule has 5 rings (SSSR count). The van der Waals surface area contributed by atoms with Crippen molar-refractivity contribution in [3.05, 3.63) is 108 Å². The predicted molar refractivity (Wildman–Crippen MR) is 145 cm³/mol. The van der Waals surface area contributed by atoms with E-state index >= 15 is 0 Å². The molecular weight excluding hydrogens is 446 g/mol. The van der Waals surface area contributed by atoms with E-state index in [1.54, 1.807) is 0 Å². The first-order valence-corrected chi connectivity index (χ1v) is 12.9. The highest BCUT2D eigenvalue weighted by Crippen LogP contribution is 2.31. The first-order valence-electron chi connectivity index (χ1n) is 12.9. The van der Waals surface area contributed by atoms with Crippen molar-refractivity contribution in [2.75, 3.05) is 13.1 Å². The lowest BCUT2D eigenvalue weighted by atomic mass is 9.87. The Morgan fingerprint density at radius 2 is 1.61 bits per heavy atom. The summed E-state index contributed by atoms with van der Waals surface area (Å²) in [6.45, 7) is 4.45. The maximum Gasteiger partial charge on any atom is 0.162 e. The van der Waals surface area contributed by atoms with Gasteiger partial charge in [0.15, 0.2) is 5.78 Å². The van der Waals surface area contributed by atoms with Crippen LogP contribution in [-0.2, 0) is 11.3 Å². The third-order valence-electron chi connectivity index (χ3n) is 6.90. The molecule has 0 amide bonds. The van der Waals surface area contributed by atoms with E-state index in [4.69, 9.17) is 9.47 Å². The molecule has 4 heteroatoms. The standard InChI is InChI=1S/C32H33NO3/c1-2-5-31(34)26-12-16-29(17-13-26)36-28-14-10-25(11-15-28)30-18-19-33-21-32(30)35-22-23-8-9-24-6-3-4-7-27(24)20-23/h3-4,6-17,20,30,32-33H,2,5,18-19,21-22H2,1H3. The average Bonchev–Trinajstić information content (AvgIpc) is 2.93. The van der Waals surface area contributed by atoms with Crippen LogP contribution in [0.1, 0.15) is 53.6 Å². The smallest absolute Gasteiger partial charge is 0.162 e. The molecule has 4 aromatic carbocycles. The third kappa shape index (κ3) is 5.84. The Kier molecular flexibility index (Phi) is 7.75. The summed E-state index contributed by atoms with van der Waals surface area (Å²) in [6, 6.07) is 30.7. The number of ketones is 1. The number of nitrogens with one attached hydrogen (secondary N) is 1. The molecule has 0 spiro atoms. The van der Waals surface area contributed by atoms with Crippen LogP contribution in [0.15, 0.2) is 91.0 Å². The molecule has 0 saturated carbocycles. The molecule has 4 nitrogen and oxygen atoms in total. The molecule has 1 N–H and O–H groups in total. The van der Waals surface area contributed by atoms with Crippen LogP contribution in [-0.4, -0.2) is 25.0 Å². The van der Waals surface area contributed by atoms with Crippen molar-refractivity contribution in [3.63, 3.8) is 0 Å². The first-order chi connectivity index (χ1) is 17.7. The summed E-state index contributed by atoms with van der Waals surface area (Å²) in [5.74, 6) is 2.03. The number of ether oxygens (including phenoxy) is 2. The minimum Gasteiger partial charge on any atom is -0.457 e. The van der Waals surface area contributed by atoms with E-state index in [9.17, 15) is 4.79 Å². The highest BCUT2D eigenvalue weighted by Gasteiger charge is 2.27. The highest BCUT2D eigenvalue weighted by atomic mass is 16.5. The van der Waals surface area contributed by atoms with Gasteiger partial charge in [-0.05, 0) is 83.8 Å². The maximum atomic E-state index is 12.1. The van der Waals surface area contributed by atoms with Crippen molar-refractivity contribution >= 4 is 16.6 Å². The minimum atomic E-state index is 0.116. The number of carbonyl (C=O) groups is 1. The van der Waals surface area contributed by atoms with E-state index in [-0.39, 0.29) is 11.9 Å². The van der Waals surface area contributed by atoms with Crippen molar-refractivity contribution in [2.45, 2.75) is 44.8 Å². The Balaban J connectivity index is 1.22. The summed E-state index contributed by atoms with van der Waals surface area (Å²) >= 11 is 0. The van der Waals surface area contributed by atoms with Crippen LogP contribution >= 0.6 is 0 Å². The molecular formula is C32H33NO3. The largest absolute Gasteiger partial charge is 0.457 e. The SMILES string of the molecule is CCCC(=O)c1ccc(Oc2ccc(C3CCNCC3OCc3ccc4ccccc4c3)cc2)cc1. The average molecular weight is 480 g/mol. The van der Waals surface area contributed by atoms with Crippen molar-refractivity contribution in [1.29, 1.82) is 0 Å². The van der Waals surface area contributed by atoms with Crippen LogP contribution in [0.4, 0.5) is 0 Å². The molecule has 2 atom stereocenters. The molecule has 2 unspecified atom stereocenters. The molecule has 1 heterocycles. The summed E-state index contributed by atoms with van der Waals surface area (Å²) in [6.07, 6.45) is 2.59. The normalized spacial score (nSPS) is 17.7. The Bertz CT molecular complexity index is 1300. The number of Topliss-reactive ketones (excluding diaryl/α,β-unsaturated/α-hetero) is 1. The van der Waals surface area contributed by atoms with Gasteiger partial charge in [-0.2, -0.15) is 0 Å². The number of piperidine rings is 1. The van der Waals surface area contributed by atoms with Gasteiger partial charge in [-0.3, -0.25) is 4.79 Å². The van der Waals surface area contributed by atoms with E-state index in [2.05, 4.69) is 59.9 Å². The van der Waals surface area contributed by atoms with Crippen LogP contribution < -0.4 is 10.1 Å². The highest BCUT2D eigenvalue weighted by molar-refractivity contribution is 5.96. The molecule has 0 aliphatic carbocycles. The van der Waals surface area contributed by atoms with Crippen molar-refractivity contribution in [3.8, 4) is 11.5 Å². The summed E-state index contributed by atoms with van der Waals surface area (Å²) < 4.78 is 12.5. The fourth-order valence-electron chi connectivity index (χ4n) is 4.92. The van der Waals surface area contributed by atoms with Gasteiger partial charge in [-0.15, -0.1) is 0 Å². The zero-order chi connectivity index (χ0) is 24.7. The number of rotatable bonds is 9. The van der Waals surface area contributed by atoms with Crippen molar-refractivity contribution < 1.29 is 14.3 Å². The Morgan fingerprint density at radius 3 is 2.36 bits per heavy atom. The van der Waals surface area contributed by atoms with Gasteiger partial charge < -0.3 is 14.8 Å². The molecule has 0 bridgehead atoms. The van der Waals surface area contributed by atoms with Gasteiger partial charge in [-0.1, -0.05) is 55.5 Å². The molecule has 36 heavy (non-hydrogen) atoms. The quantitative estimate of drug-likeness (QED) is 0.256. The number of hydrogen-bond acceptors (Lipinski definition) is 4. The molecule has 1 saturated heterocycles. The topological polar surface area (TPSA) is 47.6 Å². The van der Waals surface area contributed by atoms with Gasteiger partial charge in [-0.25, -0.2) is 0 Å². The first kappa shape index (κ1) is 24.2. The zero-order valence-electron chi connectivity index (χ0n) is 20.8. The molecule has 184 valence electrons. The lowest BCUT2D eigenvalue weighted by molar-refractivity contribution is 0.0106. The van der Waals surface area contributed by atoms with Gasteiger partial charge in [0.25, 0.3) is 0 Å². The molecule has 4 aromatic rings. The van der Waals surface area contributed by atoms with Crippen molar-refractivity contribution in [2.24, 2.45) is 0 Å². The van der Waals surface area contributed by atoms with E-state index in [1.165, 1.54) is 21.9 Å². The monoisotopic (exact) mass is 479 g/mol. The maximum absolute atomic E-state index is 12.1. The van der Waals surface area contributed by atoms with E-state index in [1.807, 2.05) is 43.3 Å². The van der Waals surface area contributed by atoms with Crippen LogP contribution in [0.25, 0.3) is 10.8 Å². The van der Waals surface area contributed by atoms with Gasteiger partial charge in [0.05, 0.1) is 12.7 Å². The lowest BCUT2D eigenvalue weighted by Gasteiger charge is -2.32. The van der Waals surface area contributed by atoms with Crippen LogP contribution in [0, 0.1) is 0 Å². The van der Waals surface area contributed by atoms with Gasteiger partial charge in [0.1, 0.15) is 11.5 Å². The van der Waals surface area contributed by atoms with E-state index in [0.717, 1.165) is 43.0 Å². The Hall–Kier alpha value is -3.47. The second-order valence-corrected chi connectivity index (χ2v) is 9.50. The summed E-state index contributed by atoms with van der Waals surface area (Å²) in [4.78, 5) is 12.1. The number of hydrogen-bond donors (Lipinski definition) is 1. The summed E-state index contributed by atoms with van der Waals surface area (Å²) in [5.41, 5.74) is 3.21. The van der Waals surface area contributed by atoms with Gasteiger partial charge >= 0.3 is 0 Å². The Labute approximate surface area is 213 Å². The number of fused-ring (bicyclic) bond motifs is 1. The van der Waals surface area contributed by atoms with Gasteiger partial charge in [0.2, 0.25) is 0 Å². The summed E-state index contributed by atoms with van der Waals surface area (Å²) in [7, 11) is 0. The second-order valence-electron chi connectivity index (χ2n) is 9.50. The molecule has 0 radical (unpaired) electrons. The number of benzene rings is 4. The summed E-state index contributed by atoms with van der Waals surface area (Å²) in [5, 5.41) is 5.99. The minimum absolute atomic E-state index is 0.116. The predicted octanol–water partition coefficient (Wildman–Crippen LogP) is 7.28. The Morgan fingerprint density at radius 1 is 0.889 bits per heavy atom. The third-order valence-corrected chi connectivity index (χ3v) is 6.90. The fraction of sp³-hybridized carbons (Fsp3) is 0.281. The molecule has 1 fully saturated rings.